The van der Waals surface area contributed by atoms with Crippen molar-refractivity contribution in [1.29, 1.82) is 0 Å². The number of carbonyl (C=O) groups is 1. The fraction of sp³-hybridized carbons (Fsp3) is 0.562. The second kappa shape index (κ2) is 8.31. The summed E-state index contributed by atoms with van der Waals surface area (Å²) in [4.78, 5) is 13.9. The van der Waals surface area contributed by atoms with Gasteiger partial charge in [-0.15, -0.1) is 0 Å². The van der Waals surface area contributed by atoms with Gasteiger partial charge in [0, 0.05) is 32.6 Å². The van der Waals surface area contributed by atoms with Crippen LogP contribution in [-0.2, 0) is 14.8 Å². The van der Waals surface area contributed by atoms with Crippen LogP contribution in [-0.4, -0.2) is 62.1 Å². The third-order valence-electron chi connectivity index (χ3n) is 3.90. The normalized spacial score (nSPS) is 16.3. The zero-order valence-corrected chi connectivity index (χ0v) is 14.3. The summed E-state index contributed by atoms with van der Waals surface area (Å²) in [6.07, 6.45) is 1.08. The van der Waals surface area contributed by atoms with Gasteiger partial charge in [0.2, 0.25) is 15.9 Å². The Morgan fingerprint density at radius 2 is 1.78 bits per heavy atom. The highest BCUT2D eigenvalue weighted by Crippen LogP contribution is 2.11. The molecule has 1 saturated heterocycles. The summed E-state index contributed by atoms with van der Waals surface area (Å²) in [6.45, 7) is 3.86. The molecule has 0 spiro atoms. The van der Waals surface area contributed by atoms with E-state index in [4.69, 9.17) is 4.74 Å². The first-order valence-electron chi connectivity index (χ1n) is 7.96. The SMILES string of the molecule is CCS(=O)(=O)N1CCN(C(=O)CCCOc2ccccc2)CC1. The zero-order valence-electron chi connectivity index (χ0n) is 13.5. The van der Waals surface area contributed by atoms with Gasteiger partial charge in [-0.1, -0.05) is 18.2 Å². The number of sulfonamides is 1. The molecule has 1 aliphatic rings. The maximum absolute atomic E-state index is 12.1. The van der Waals surface area contributed by atoms with E-state index in [1.807, 2.05) is 30.3 Å². The second-order valence-electron chi connectivity index (χ2n) is 5.45. The van der Waals surface area contributed by atoms with E-state index >= 15 is 0 Å². The average Bonchev–Trinajstić information content (AvgIpc) is 2.59. The van der Waals surface area contributed by atoms with Crippen LogP contribution in [0.5, 0.6) is 5.75 Å². The summed E-state index contributed by atoms with van der Waals surface area (Å²) in [6, 6.07) is 9.51. The molecule has 7 heteroatoms. The van der Waals surface area contributed by atoms with Crippen molar-refractivity contribution in [3.63, 3.8) is 0 Å². The van der Waals surface area contributed by atoms with E-state index in [1.54, 1.807) is 11.8 Å². The number of nitrogens with zero attached hydrogens (tertiary/aromatic N) is 2. The van der Waals surface area contributed by atoms with E-state index in [-0.39, 0.29) is 11.7 Å². The van der Waals surface area contributed by atoms with Gasteiger partial charge in [0.05, 0.1) is 12.4 Å². The number of hydrogen-bond acceptors (Lipinski definition) is 4. The van der Waals surface area contributed by atoms with Crippen LogP contribution in [0.1, 0.15) is 19.8 Å². The number of piperazine rings is 1. The van der Waals surface area contributed by atoms with Gasteiger partial charge >= 0.3 is 0 Å². The average molecular weight is 340 g/mol. The zero-order chi connectivity index (χ0) is 16.7. The van der Waals surface area contributed by atoms with Gasteiger partial charge in [-0.2, -0.15) is 4.31 Å². The second-order valence-corrected chi connectivity index (χ2v) is 7.70. The number of ether oxygens (including phenoxy) is 1. The minimum Gasteiger partial charge on any atom is -0.494 e. The molecule has 2 rings (SSSR count). The van der Waals surface area contributed by atoms with Gasteiger partial charge in [-0.05, 0) is 25.5 Å². The topological polar surface area (TPSA) is 66.9 Å². The van der Waals surface area contributed by atoms with Crippen molar-refractivity contribution in [2.75, 3.05) is 38.5 Å². The van der Waals surface area contributed by atoms with Gasteiger partial charge in [-0.3, -0.25) is 4.79 Å². The summed E-state index contributed by atoms with van der Waals surface area (Å²) < 4.78 is 30.6. The summed E-state index contributed by atoms with van der Waals surface area (Å²) >= 11 is 0. The van der Waals surface area contributed by atoms with Crippen LogP contribution in [0.15, 0.2) is 30.3 Å². The maximum atomic E-state index is 12.1. The van der Waals surface area contributed by atoms with Gasteiger partial charge in [0.1, 0.15) is 5.75 Å². The first-order chi connectivity index (χ1) is 11.0. The molecule has 0 aliphatic carbocycles. The highest BCUT2D eigenvalue weighted by atomic mass is 32.2. The molecule has 0 unspecified atom stereocenters. The van der Waals surface area contributed by atoms with Crippen LogP contribution in [0.2, 0.25) is 0 Å². The third kappa shape index (κ3) is 5.21. The summed E-state index contributed by atoms with van der Waals surface area (Å²) in [5, 5.41) is 0. The van der Waals surface area contributed by atoms with Crippen molar-refractivity contribution >= 4 is 15.9 Å². The Kier molecular flexibility index (Phi) is 6.41. The Labute approximate surface area is 138 Å². The lowest BCUT2D eigenvalue weighted by Gasteiger charge is -2.33. The van der Waals surface area contributed by atoms with E-state index in [0.717, 1.165) is 5.75 Å². The van der Waals surface area contributed by atoms with Crippen LogP contribution in [0.4, 0.5) is 0 Å². The van der Waals surface area contributed by atoms with Gasteiger partial charge in [0.25, 0.3) is 0 Å². The molecule has 0 N–H and O–H groups in total. The Morgan fingerprint density at radius 3 is 2.39 bits per heavy atom. The molecule has 0 saturated carbocycles. The number of hydrogen-bond donors (Lipinski definition) is 0. The van der Waals surface area contributed by atoms with E-state index < -0.39 is 10.0 Å². The van der Waals surface area contributed by atoms with E-state index in [1.165, 1.54) is 4.31 Å². The standard InChI is InChI=1S/C16H24N2O4S/c1-2-23(20,21)18-12-10-17(11-13-18)16(19)9-6-14-22-15-7-4-3-5-8-15/h3-5,7-8H,2,6,9-14H2,1H3. The molecule has 0 bridgehead atoms. The van der Waals surface area contributed by atoms with Crippen LogP contribution in [0, 0.1) is 0 Å². The lowest BCUT2D eigenvalue weighted by molar-refractivity contribution is -0.132. The number of para-hydroxylation sites is 1. The smallest absolute Gasteiger partial charge is 0.222 e. The van der Waals surface area contributed by atoms with Gasteiger partial charge in [0.15, 0.2) is 0 Å². The van der Waals surface area contributed by atoms with Crippen LogP contribution < -0.4 is 4.74 Å². The van der Waals surface area contributed by atoms with E-state index in [2.05, 4.69) is 0 Å². The molecule has 1 fully saturated rings. The maximum Gasteiger partial charge on any atom is 0.222 e. The molecule has 1 aliphatic heterocycles. The largest absolute Gasteiger partial charge is 0.494 e. The van der Waals surface area contributed by atoms with Crippen molar-refractivity contribution in [2.45, 2.75) is 19.8 Å². The van der Waals surface area contributed by atoms with E-state index in [9.17, 15) is 13.2 Å². The molecule has 0 radical (unpaired) electrons. The third-order valence-corrected chi connectivity index (χ3v) is 5.78. The summed E-state index contributed by atoms with van der Waals surface area (Å²) in [5.74, 6) is 0.978. The predicted molar refractivity (Wildman–Crippen MR) is 88.8 cm³/mol. The molecule has 128 valence electrons. The minimum absolute atomic E-state index is 0.0650. The molecule has 0 atom stereocenters. The number of rotatable bonds is 7. The Morgan fingerprint density at radius 1 is 1.13 bits per heavy atom. The highest BCUT2D eigenvalue weighted by molar-refractivity contribution is 7.89. The van der Waals surface area contributed by atoms with Crippen molar-refractivity contribution in [1.82, 2.24) is 9.21 Å². The lowest BCUT2D eigenvalue weighted by Crippen LogP contribution is -2.50. The Hall–Kier alpha value is -1.60. The summed E-state index contributed by atoms with van der Waals surface area (Å²) in [5.41, 5.74) is 0. The van der Waals surface area contributed by atoms with E-state index in [0.29, 0.717) is 45.6 Å². The van der Waals surface area contributed by atoms with Gasteiger partial charge in [-0.25, -0.2) is 8.42 Å². The molecule has 0 aromatic heterocycles. The van der Waals surface area contributed by atoms with Crippen molar-refractivity contribution in [2.24, 2.45) is 0 Å². The lowest BCUT2D eigenvalue weighted by atomic mass is 10.2. The summed E-state index contributed by atoms with van der Waals surface area (Å²) in [7, 11) is -3.15. The predicted octanol–water partition coefficient (Wildman–Crippen LogP) is 1.34. The van der Waals surface area contributed by atoms with Crippen molar-refractivity contribution in [3.05, 3.63) is 30.3 Å². The first kappa shape index (κ1) is 17.7. The number of carbonyl (C=O) groups excluding carboxylic acids is 1. The Balaban J connectivity index is 1.67. The minimum atomic E-state index is -3.15. The molecule has 23 heavy (non-hydrogen) atoms. The van der Waals surface area contributed by atoms with Crippen LogP contribution in [0.25, 0.3) is 0 Å². The molecule has 1 heterocycles. The molecular formula is C16H24N2O4S. The number of benzene rings is 1. The van der Waals surface area contributed by atoms with Crippen LogP contribution >= 0.6 is 0 Å². The number of amides is 1. The molecule has 1 amide bonds. The molecule has 6 nitrogen and oxygen atoms in total. The fourth-order valence-corrected chi connectivity index (χ4v) is 3.57. The first-order valence-corrected chi connectivity index (χ1v) is 9.57. The van der Waals surface area contributed by atoms with Gasteiger partial charge < -0.3 is 9.64 Å². The van der Waals surface area contributed by atoms with Crippen LogP contribution in [0.3, 0.4) is 0 Å². The fourth-order valence-electron chi connectivity index (χ4n) is 2.49. The molecular weight excluding hydrogens is 316 g/mol. The monoisotopic (exact) mass is 340 g/mol. The van der Waals surface area contributed by atoms with Crippen molar-refractivity contribution < 1.29 is 17.9 Å². The molecule has 1 aromatic carbocycles. The quantitative estimate of drug-likeness (QED) is 0.703. The molecule has 1 aromatic rings. The highest BCUT2D eigenvalue weighted by Gasteiger charge is 2.27. The van der Waals surface area contributed by atoms with Crippen molar-refractivity contribution in [3.8, 4) is 5.75 Å². The Bertz CT molecular complexity index is 596.